The Morgan fingerprint density at radius 3 is 2.25 bits per heavy atom. The second kappa shape index (κ2) is 10.2. The summed E-state index contributed by atoms with van der Waals surface area (Å²) in [4.78, 5) is 11.7. The Morgan fingerprint density at radius 1 is 1.00 bits per heavy atom. The molecule has 0 atom stereocenters. The standard InChI is InChI=1S/C20H23NO3/c1-2-24-20(22)13-19(21-14-17-9-5-3-6-10-17)16-23-15-18-11-7-4-8-12-18/h3-13,21H,2,14-16H2,1H3/b19-13+. The Bertz CT molecular complexity index is 638. The van der Waals surface area contributed by atoms with E-state index < -0.39 is 0 Å². The van der Waals surface area contributed by atoms with Crippen molar-refractivity contribution in [1.82, 2.24) is 5.32 Å². The monoisotopic (exact) mass is 325 g/mol. The van der Waals surface area contributed by atoms with Crippen LogP contribution in [0.2, 0.25) is 0 Å². The molecule has 0 aliphatic rings. The highest BCUT2D eigenvalue weighted by Crippen LogP contribution is 2.04. The van der Waals surface area contributed by atoms with Gasteiger partial charge < -0.3 is 14.8 Å². The molecule has 24 heavy (non-hydrogen) atoms. The number of carbonyl (C=O) groups excluding carboxylic acids is 1. The van der Waals surface area contributed by atoms with Crippen LogP contribution in [-0.4, -0.2) is 19.2 Å². The Morgan fingerprint density at radius 2 is 1.62 bits per heavy atom. The SMILES string of the molecule is CCOC(=O)/C=C(\COCc1ccccc1)NCc1ccccc1. The van der Waals surface area contributed by atoms with Gasteiger partial charge in [-0.05, 0) is 18.1 Å². The van der Waals surface area contributed by atoms with E-state index in [2.05, 4.69) is 5.32 Å². The van der Waals surface area contributed by atoms with Gasteiger partial charge in [-0.15, -0.1) is 0 Å². The third-order valence-corrected chi connectivity index (χ3v) is 3.31. The topological polar surface area (TPSA) is 47.6 Å². The molecule has 0 saturated carbocycles. The molecule has 0 saturated heterocycles. The molecule has 0 aliphatic carbocycles. The molecule has 2 aromatic rings. The van der Waals surface area contributed by atoms with E-state index in [4.69, 9.17) is 9.47 Å². The fourth-order valence-corrected chi connectivity index (χ4v) is 2.13. The molecule has 4 heteroatoms. The number of carbonyl (C=O) groups is 1. The third kappa shape index (κ3) is 6.67. The van der Waals surface area contributed by atoms with Crippen LogP contribution in [0, 0.1) is 0 Å². The molecule has 0 fully saturated rings. The molecular formula is C20H23NO3. The minimum atomic E-state index is -0.364. The summed E-state index contributed by atoms with van der Waals surface area (Å²) < 4.78 is 10.7. The van der Waals surface area contributed by atoms with Crippen LogP contribution in [0.4, 0.5) is 0 Å². The minimum Gasteiger partial charge on any atom is -0.463 e. The quantitative estimate of drug-likeness (QED) is 0.567. The van der Waals surface area contributed by atoms with Crippen LogP contribution >= 0.6 is 0 Å². The zero-order valence-corrected chi connectivity index (χ0v) is 13.9. The van der Waals surface area contributed by atoms with E-state index in [0.717, 1.165) is 11.1 Å². The van der Waals surface area contributed by atoms with Crippen molar-refractivity contribution in [3.05, 3.63) is 83.6 Å². The van der Waals surface area contributed by atoms with Crippen molar-refractivity contribution < 1.29 is 14.3 Å². The Hall–Kier alpha value is -2.59. The number of ether oxygens (including phenoxy) is 2. The lowest BCUT2D eigenvalue weighted by molar-refractivity contribution is -0.137. The number of esters is 1. The first-order chi connectivity index (χ1) is 11.8. The largest absolute Gasteiger partial charge is 0.463 e. The van der Waals surface area contributed by atoms with Crippen molar-refractivity contribution in [3.63, 3.8) is 0 Å². The molecule has 0 spiro atoms. The molecule has 1 N–H and O–H groups in total. The maximum absolute atomic E-state index is 11.7. The predicted octanol–water partition coefficient (Wildman–Crippen LogP) is 3.44. The Kier molecular flexibility index (Phi) is 7.57. The van der Waals surface area contributed by atoms with Gasteiger partial charge in [-0.2, -0.15) is 0 Å². The van der Waals surface area contributed by atoms with Gasteiger partial charge in [0.2, 0.25) is 0 Å². The van der Waals surface area contributed by atoms with E-state index >= 15 is 0 Å². The lowest BCUT2D eigenvalue weighted by Crippen LogP contribution is -2.19. The smallest absolute Gasteiger partial charge is 0.332 e. The molecule has 0 aliphatic heterocycles. The summed E-state index contributed by atoms with van der Waals surface area (Å²) in [6, 6.07) is 19.9. The summed E-state index contributed by atoms with van der Waals surface area (Å²) in [5.74, 6) is -0.364. The molecule has 0 amide bonds. The van der Waals surface area contributed by atoms with Crippen molar-refractivity contribution in [2.45, 2.75) is 20.1 Å². The van der Waals surface area contributed by atoms with Crippen molar-refractivity contribution in [2.24, 2.45) is 0 Å². The van der Waals surface area contributed by atoms with Gasteiger partial charge in [0.15, 0.2) is 0 Å². The first-order valence-electron chi connectivity index (χ1n) is 8.04. The highest BCUT2D eigenvalue weighted by molar-refractivity contribution is 5.82. The average Bonchev–Trinajstić information content (AvgIpc) is 2.61. The van der Waals surface area contributed by atoms with Crippen LogP contribution in [0.1, 0.15) is 18.1 Å². The molecule has 0 unspecified atom stereocenters. The van der Waals surface area contributed by atoms with Gasteiger partial charge in [0, 0.05) is 18.3 Å². The highest BCUT2D eigenvalue weighted by Gasteiger charge is 2.04. The van der Waals surface area contributed by atoms with Gasteiger partial charge in [0.05, 0.1) is 19.8 Å². The van der Waals surface area contributed by atoms with Crippen molar-refractivity contribution >= 4 is 5.97 Å². The summed E-state index contributed by atoms with van der Waals surface area (Å²) >= 11 is 0. The van der Waals surface area contributed by atoms with Gasteiger partial charge in [0.25, 0.3) is 0 Å². The van der Waals surface area contributed by atoms with Crippen molar-refractivity contribution in [3.8, 4) is 0 Å². The molecule has 0 bridgehead atoms. The molecule has 0 heterocycles. The lowest BCUT2D eigenvalue weighted by atomic mass is 10.2. The normalized spacial score (nSPS) is 11.1. The molecule has 0 radical (unpaired) electrons. The Balaban J connectivity index is 1.90. The van der Waals surface area contributed by atoms with Crippen LogP contribution in [-0.2, 0) is 27.4 Å². The second-order valence-electron chi connectivity index (χ2n) is 5.24. The van der Waals surface area contributed by atoms with E-state index in [-0.39, 0.29) is 5.97 Å². The van der Waals surface area contributed by atoms with E-state index in [0.29, 0.717) is 32.1 Å². The lowest BCUT2D eigenvalue weighted by Gasteiger charge is -2.12. The van der Waals surface area contributed by atoms with Crippen molar-refractivity contribution in [1.29, 1.82) is 0 Å². The van der Waals surface area contributed by atoms with Gasteiger partial charge in [0.1, 0.15) is 0 Å². The highest BCUT2D eigenvalue weighted by atomic mass is 16.5. The summed E-state index contributed by atoms with van der Waals surface area (Å²) in [6.07, 6.45) is 1.46. The van der Waals surface area contributed by atoms with E-state index in [1.807, 2.05) is 60.7 Å². The summed E-state index contributed by atoms with van der Waals surface area (Å²) in [5, 5.41) is 3.25. The molecule has 2 rings (SSSR count). The van der Waals surface area contributed by atoms with Gasteiger partial charge in [-0.25, -0.2) is 4.79 Å². The number of rotatable bonds is 9. The number of hydrogen-bond acceptors (Lipinski definition) is 4. The molecule has 2 aromatic carbocycles. The van der Waals surface area contributed by atoms with E-state index in [9.17, 15) is 4.79 Å². The van der Waals surface area contributed by atoms with Crippen LogP contribution < -0.4 is 5.32 Å². The van der Waals surface area contributed by atoms with Crippen molar-refractivity contribution in [2.75, 3.05) is 13.2 Å². The number of nitrogens with one attached hydrogen (secondary N) is 1. The summed E-state index contributed by atoms with van der Waals surface area (Å²) in [5.41, 5.74) is 2.93. The van der Waals surface area contributed by atoms with Gasteiger partial charge in [-0.1, -0.05) is 60.7 Å². The predicted molar refractivity (Wildman–Crippen MR) is 94.1 cm³/mol. The fourth-order valence-electron chi connectivity index (χ4n) is 2.13. The molecule has 126 valence electrons. The first-order valence-corrected chi connectivity index (χ1v) is 8.04. The van der Waals surface area contributed by atoms with Gasteiger partial charge >= 0.3 is 5.97 Å². The summed E-state index contributed by atoms with van der Waals surface area (Å²) in [6.45, 7) is 3.58. The maximum Gasteiger partial charge on any atom is 0.332 e. The number of benzene rings is 2. The van der Waals surface area contributed by atoms with Crippen LogP contribution in [0.25, 0.3) is 0 Å². The van der Waals surface area contributed by atoms with Crippen LogP contribution in [0.5, 0.6) is 0 Å². The fraction of sp³-hybridized carbons (Fsp3) is 0.250. The molecular weight excluding hydrogens is 302 g/mol. The summed E-state index contributed by atoms with van der Waals surface area (Å²) in [7, 11) is 0. The molecule has 0 aromatic heterocycles. The van der Waals surface area contributed by atoms with Crippen LogP contribution in [0.15, 0.2) is 72.4 Å². The van der Waals surface area contributed by atoms with E-state index in [1.54, 1.807) is 6.92 Å². The average molecular weight is 325 g/mol. The number of hydrogen-bond donors (Lipinski definition) is 1. The van der Waals surface area contributed by atoms with Gasteiger partial charge in [-0.3, -0.25) is 0 Å². The third-order valence-electron chi connectivity index (χ3n) is 3.31. The minimum absolute atomic E-state index is 0.320. The second-order valence-corrected chi connectivity index (χ2v) is 5.24. The zero-order chi connectivity index (χ0) is 17.0. The first kappa shape index (κ1) is 17.8. The maximum atomic E-state index is 11.7. The Labute approximate surface area is 143 Å². The van der Waals surface area contributed by atoms with Crippen LogP contribution in [0.3, 0.4) is 0 Å². The molecule has 4 nitrogen and oxygen atoms in total. The van der Waals surface area contributed by atoms with E-state index in [1.165, 1.54) is 6.08 Å². The zero-order valence-electron chi connectivity index (χ0n) is 13.9.